The number of nitriles is 1. The minimum atomic E-state index is -0.617. The number of pyridine rings is 1. The first-order valence-electron chi connectivity index (χ1n) is 13.1. The summed E-state index contributed by atoms with van der Waals surface area (Å²) in [6.07, 6.45) is 4.85. The molecule has 1 aromatic heterocycles. The molecule has 0 unspecified atom stereocenters. The summed E-state index contributed by atoms with van der Waals surface area (Å²) in [5.74, 6) is 4.91. The molecule has 12 heteroatoms. The maximum Gasteiger partial charge on any atom is 0.141 e. The van der Waals surface area contributed by atoms with Crippen LogP contribution in [0.2, 0.25) is 10.0 Å². The standard InChI is InChI=1S/C30H26Cl2F2N8/c31-24-12-21(5-6-26(24)34)40-28-18(14-35)15-39-30-23(28)11-22(13-25(30)32)41-29(17-1-3-19(33)4-2-17)27(42-36)16-38-20-7-9-37-10-8-20/h1-6,11-13,15-16,20,29,37,41H,7-10,36H2,(H,39,40)/t29-/m1/s1. The SMILES string of the molecule is N#Cc1cnc2c(Cl)cc(N[C@@H](C(C=NC3CCNCC3)=NN)c3ccc(F)cc3)cc2c1Nc1ccc(F)c(Cl)c1. The highest BCUT2D eigenvalue weighted by molar-refractivity contribution is 6.36. The van der Waals surface area contributed by atoms with Crippen molar-refractivity contribution in [3.8, 4) is 6.07 Å². The van der Waals surface area contributed by atoms with Crippen molar-refractivity contribution in [3.63, 3.8) is 0 Å². The number of nitrogens with two attached hydrogens (primary N) is 1. The van der Waals surface area contributed by atoms with Crippen LogP contribution in [0.15, 0.2) is 70.9 Å². The number of piperidine rings is 1. The van der Waals surface area contributed by atoms with E-state index in [0.717, 1.165) is 25.9 Å². The predicted molar refractivity (Wildman–Crippen MR) is 165 cm³/mol. The molecule has 4 aromatic rings. The molecular weight excluding hydrogens is 581 g/mol. The maximum atomic E-state index is 13.8. The van der Waals surface area contributed by atoms with Gasteiger partial charge in [-0.3, -0.25) is 9.98 Å². The Hall–Kier alpha value is -4.30. The molecule has 0 aliphatic carbocycles. The second-order valence-electron chi connectivity index (χ2n) is 9.71. The topological polar surface area (TPSA) is 124 Å². The summed E-state index contributed by atoms with van der Waals surface area (Å²) in [6, 6.07) is 15.3. The van der Waals surface area contributed by atoms with Gasteiger partial charge in [0.25, 0.3) is 0 Å². The number of benzene rings is 3. The lowest BCUT2D eigenvalue weighted by Gasteiger charge is -2.22. The van der Waals surface area contributed by atoms with E-state index in [4.69, 9.17) is 34.0 Å². The molecule has 1 atom stereocenters. The van der Waals surface area contributed by atoms with Gasteiger partial charge >= 0.3 is 0 Å². The zero-order valence-electron chi connectivity index (χ0n) is 22.2. The summed E-state index contributed by atoms with van der Waals surface area (Å²) < 4.78 is 27.6. The lowest BCUT2D eigenvalue weighted by atomic mass is 10.0. The maximum absolute atomic E-state index is 13.8. The van der Waals surface area contributed by atoms with Crippen molar-refractivity contribution in [1.29, 1.82) is 5.26 Å². The van der Waals surface area contributed by atoms with Gasteiger partial charge < -0.3 is 21.8 Å². The van der Waals surface area contributed by atoms with Gasteiger partial charge in [-0.15, -0.1) is 0 Å². The third-order valence-corrected chi connectivity index (χ3v) is 7.50. The molecule has 0 radical (unpaired) electrons. The number of anilines is 3. The van der Waals surface area contributed by atoms with Crippen LogP contribution in [-0.4, -0.2) is 36.0 Å². The van der Waals surface area contributed by atoms with E-state index in [1.807, 2.05) is 0 Å². The van der Waals surface area contributed by atoms with Gasteiger partial charge in [0.05, 0.1) is 38.9 Å². The van der Waals surface area contributed by atoms with Crippen molar-refractivity contribution in [2.45, 2.75) is 24.9 Å². The Labute approximate surface area is 251 Å². The second-order valence-corrected chi connectivity index (χ2v) is 10.5. The van der Waals surface area contributed by atoms with Gasteiger partial charge in [0, 0.05) is 29.2 Å². The average Bonchev–Trinajstić information content (AvgIpc) is 3.00. The molecule has 1 aliphatic heterocycles. The summed E-state index contributed by atoms with van der Waals surface area (Å²) in [7, 11) is 0. The molecule has 42 heavy (non-hydrogen) atoms. The Morgan fingerprint density at radius 3 is 2.50 bits per heavy atom. The quantitative estimate of drug-likeness (QED) is 0.100. The zero-order valence-corrected chi connectivity index (χ0v) is 23.7. The van der Waals surface area contributed by atoms with Gasteiger partial charge in [-0.2, -0.15) is 10.4 Å². The first-order chi connectivity index (χ1) is 20.4. The molecule has 2 heterocycles. The predicted octanol–water partition coefficient (Wildman–Crippen LogP) is 6.73. The van der Waals surface area contributed by atoms with Gasteiger partial charge in [-0.1, -0.05) is 35.3 Å². The first-order valence-corrected chi connectivity index (χ1v) is 13.9. The molecule has 214 valence electrons. The molecule has 0 amide bonds. The molecule has 5 rings (SSSR count). The molecular formula is C30H26Cl2F2N8. The minimum absolute atomic E-state index is 0.0702. The molecule has 0 spiro atoms. The zero-order chi connectivity index (χ0) is 29.6. The third kappa shape index (κ3) is 6.60. The summed E-state index contributed by atoms with van der Waals surface area (Å²) in [5, 5.41) is 24.5. The fourth-order valence-corrected chi connectivity index (χ4v) is 5.20. The molecule has 0 saturated carbocycles. The summed E-state index contributed by atoms with van der Waals surface area (Å²) in [4.78, 5) is 9.10. The monoisotopic (exact) mass is 606 g/mol. The third-order valence-electron chi connectivity index (χ3n) is 6.92. The molecule has 5 N–H and O–H groups in total. The van der Waals surface area contributed by atoms with Crippen molar-refractivity contribution >= 4 is 63.1 Å². The van der Waals surface area contributed by atoms with Crippen LogP contribution in [0.25, 0.3) is 10.9 Å². The van der Waals surface area contributed by atoms with Crippen molar-refractivity contribution in [2.24, 2.45) is 15.9 Å². The molecule has 0 bridgehead atoms. The summed E-state index contributed by atoms with van der Waals surface area (Å²) in [5.41, 5.74) is 3.23. The molecule has 3 aromatic carbocycles. The highest BCUT2D eigenvalue weighted by Gasteiger charge is 2.21. The van der Waals surface area contributed by atoms with Crippen molar-refractivity contribution in [1.82, 2.24) is 10.3 Å². The number of nitrogens with zero attached hydrogens (tertiary/aromatic N) is 4. The number of nitrogens with one attached hydrogen (secondary N) is 3. The Bertz CT molecular complexity index is 1700. The van der Waals surface area contributed by atoms with E-state index in [1.54, 1.807) is 30.5 Å². The van der Waals surface area contributed by atoms with Gasteiger partial charge in [-0.05, 0) is 74.0 Å². The largest absolute Gasteiger partial charge is 0.373 e. The smallest absolute Gasteiger partial charge is 0.141 e. The first kappa shape index (κ1) is 29.2. The van der Waals surface area contributed by atoms with Crippen LogP contribution in [0, 0.1) is 23.0 Å². The van der Waals surface area contributed by atoms with Crippen LogP contribution in [0.1, 0.15) is 30.0 Å². The molecule has 1 fully saturated rings. The molecule has 1 aliphatic rings. The summed E-state index contributed by atoms with van der Waals surface area (Å²) in [6.45, 7) is 1.76. The highest BCUT2D eigenvalue weighted by Crippen LogP contribution is 2.36. The normalized spacial score (nSPS) is 15.1. The van der Waals surface area contributed by atoms with E-state index in [1.165, 1.54) is 36.5 Å². The van der Waals surface area contributed by atoms with Crippen LogP contribution in [-0.2, 0) is 0 Å². The highest BCUT2D eigenvalue weighted by atomic mass is 35.5. The number of halogens is 4. The Balaban J connectivity index is 1.56. The van der Waals surface area contributed by atoms with Crippen molar-refractivity contribution < 1.29 is 8.78 Å². The van der Waals surface area contributed by atoms with E-state index in [2.05, 4.69) is 32.1 Å². The number of aliphatic imine (C=N–C) groups is 1. The van der Waals surface area contributed by atoms with Gasteiger partial charge in [0.1, 0.15) is 23.4 Å². The number of fused-ring (bicyclic) bond motifs is 1. The molecule has 1 saturated heterocycles. The van der Waals surface area contributed by atoms with Gasteiger partial charge in [-0.25, -0.2) is 8.78 Å². The van der Waals surface area contributed by atoms with Crippen LogP contribution in [0.4, 0.5) is 25.8 Å². The lowest BCUT2D eigenvalue weighted by Crippen LogP contribution is -2.30. The van der Waals surface area contributed by atoms with Gasteiger partial charge in [0.2, 0.25) is 0 Å². The number of hydrogen-bond donors (Lipinski definition) is 4. The van der Waals surface area contributed by atoms with E-state index in [-0.39, 0.29) is 22.4 Å². The number of aromatic nitrogens is 1. The fraction of sp³-hybridized carbons (Fsp3) is 0.200. The average molecular weight is 607 g/mol. The van der Waals surface area contributed by atoms with E-state index in [9.17, 15) is 14.0 Å². The van der Waals surface area contributed by atoms with Crippen LogP contribution in [0.5, 0.6) is 0 Å². The second kappa shape index (κ2) is 13.1. The number of rotatable bonds is 8. The van der Waals surface area contributed by atoms with E-state index >= 15 is 0 Å². The molecule has 8 nitrogen and oxygen atoms in total. The fourth-order valence-electron chi connectivity index (χ4n) is 4.75. The van der Waals surface area contributed by atoms with Crippen molar-refractivity contribution in [2.75, 3.05) is 23.7 Å². The number of hydrazone groups is 1. The Morgan fingerprint density at radius 1 is 1.07 bits per heavy atom. The van der Waals surface area contributed by atoms with Crippen LogP contribution < -0.4 is 21.8 Å². The lowest BCUT2D eigenvalue weighted by molar-refractivity contribution is 0.461. The van der Waals surface area contributed by atoms with Gasteiger partial charge in [0.15, 0.2) is 0 Å². The van der Waals surface area contributed by atoms with E-state index < -0.39 is 11.9 Å². The van der Waals surface area contributed by atoms with Crippen LogP contribution in [0.3, 0.4) is 0 Å². The summed E-state index contributed by atoms with van der Waals surface area (Å²) >= 11 is 12.7. The van der Waals surface area contributed by atoms with Crippen molar-refractivity contribution in [3.05, 3.63) is 93.6 Å². The van der Waals surface area contributed by atoms with Crippen LogP contribution >= 0.6 is 23.2 Å². The Kier molecular flexibility index (Phi) is 9.12. The minimum Gasteiger partial charge on any atom is -0.373 e. The Morgan fingerprint density at radius 2 is 1.81 bits per heavy atom. The number of hydrogen-bond acceptors (Lipinski definition) is 8. The van der Waals surface area contributed by atoms with E-state index in [0.29, 0.717) is 44.3 Å².